The standard InChI is InChI=1S/C14H22N2O3/c1-15-10-11-9-12(18-4)5-6-13(11)19-8-7-14(17)16(2)3/h5-6,9,15H,7-8,10H2,1-4H3. The van der Waals surface area contributed by atoms with E-state index in [-0.39, 0.29) is 5.91 Å². The predicted octanol–water partition coefficient (Wildman–Crippen LogP) is 1.27. The van der Waals surface area contributed by atoms with Crippen molar-refractivity contribution in [2.75, 3.05) is 34.9 Å². The van der Waals surface area contributed by atoms with E-state index >= 15 is 0 Å². The fraction of sp³-hybridized carbons (Fsp3) is 0.500. The number of methoxy groups -OCH3 is 1. The van der Waals surface area contributed by atoms with E-state index in [1.54, 1.807) is 26.1 Å². The first-order chi connectivity index (χ1) is 9.08. The highest BCUT2D eigenvalue weighted by Gasteiger charge is 2.08. The zero-order valence-corrected chi connectivity index (χ0v) is 12.0. The Morgan fingerprint density at radius 1 is 1.37 bits per heavy atom. The maximum absolute atomic E-state index is 11.5. The zero-order valence-electron chi connectivity index (χ0n) is 12.0. The maximum atomic E-state index is 11.5. The molecule has 106 valence electrons. The van der Waals surface area contributed by atoms with E-state index in [2.05, 4.69) is 5.32 Å². The van der Waals surface area contributed by atoms with Gasteiger partial charge in [0.25, 0.3) is 0 Å². The molecule has 0 saturated heterocycles. The molecule has 1 aromatic carbocycles. The van der Waals surface area contributed by atoms with Crippen LogP contribution in [-0.2, 0) is 11.3 Å². The quantitative estimate of drug-likeness (QED) is 0.807. The number of carbonyl (C=O) groups excluding carboxylic acids is 1. The van der Waals surface area contributed by atoms with Crippen molar-refractivity contribution in [3.05, 3.63) is 23.8 Å². The molecule has 0 saturated carbocycles. The molecular formula is C14H22N2O3. The molecule has 5 nitrogen and oxygen atoms in total. The minimum Gasteiger partial charge on any atom is -0.497 e. The van der Waals surface area contributed by atoms with Crippen molar-refractivity contribution in [1.29, 1.82) is 0 Å². The van der Waals surface area contributed by atoms with Crippen LogP contribution in [-0.4, -0.2) is 45.7 Å². The van der Waals surface area contributed by atoms with Gasteiger partial charge in [-0.15, -0.1) is 0 Å². The molecule has 0 bridgehead atoms. The first-order valence-electron chi connectivity index (χ1n) is 6.23. The maximum Gasteiger partial charge on any atom is 0.225 e. The van der Waals surface area contributed by atoms with Crippen LogP contribution in [0.3, 0.4) is 0 Å². The van der Waals surface area contributed by atoms with Gasteiger partial charge in [0.05, 0.1) is 20.1 Å². The van der Waals surface area contributed by atoms with Crippen molar-refractivity contribution in [2.24, 2.45) is 0 Å². The van der Waals surface area contributed by atoms with Gasteiger partial charge in [0.15, 0.2) is 0 Å². The molecule has 0 spiro atoms. The van der Waals surface area contributed by atoms with Crippen LogP contribution in [0.5, 0.6) is 11.5 Å². The van der Waals surface area contributed by atoms with E-state index < -0.39 is 0 Å². The Hall–Kier alpha value is -1.75. The van der Waals surface area contributed by atoms with Gasteiger partial charge < -0.3 is 19.7 Å². The Balaban J connectivity index is 2.64. The van der Waals surface area contributed by atoms with E-state index in [0.717, 1.165) is 17.1 Å². The smallest absolute Gasteiger partial charge is 0.225 e. The summed E-state index contributed by atoms with van der Waals surface area (Å²) >= 11 is 0. The third-order valence-electron chi connectivity index (χ3n) is 2.71. The molecule has 1 amide bonds. The summed E-state index contributed by atoms with van der Waals surface area (Å²) in [6, 6.07) is 5.65. The highest BCUT2D eigenvalue weighted by Crippen LogP contribution is 2.24. The molecule has 0 aromatic heterocycles. The van der Waals surface area contributed by atoms with Crippen LogP contribution < -0.4 is 14.8 Å². The Kier molecular flexibility index (Phi) is 6.15. The lowest BCUT2D eigenvalue weighted by molar-refractivity contribution is -0.129. The largest absolute Gasteiger partial charge is 0.497 e. The predicted molar refractivity (Wildman–Crippen MR) is 74.6 cm³/mol. The first-order valence-corrected chi connectivity index (χ1v) is 6.23. The average molecular weight is 266 g/mol. The molecule has 0 aliphatic heterocycles. The minimum absolute atomic E-state index is 0.0590. The van der Waals surface area contributed by atoms with Gasteiger partial charge in [-0.1, -0.05) is 0 Å². The third-order valence-corrected chi connectivity index (χ3v) is 2.71. The Labute approximate surface area is 114 Å². The van der Waals surface area contributed by atoms with E-state index in [0.29, 0.717) is 19.6 Å². The molecular weight excluding hydrogens is 244 g/mol. The number of hydrogen-bond acceptors (Lipinski definition) is 4. The normalized spacial score (nSPS) is 10.1. The number of nitrogens with one attached hydrogen (secondary N) is 1. The Bertz CT molecular complexity index is 419. The third kappa shape index (κ3) is 4.79. The summed E-state index contributed by atoms with van der Waals surface area (Å²) in [6.07, 6.45) is 0.373. The number of carbonyl (C=O) groups is 1. The Morgan fingerprint density at radius 3 is 2.68 bits per heavy atom. The monoisotopic (exact) mass is 266 g/mol. The van der Waals surface area contributed by atoms with Gasteiger partial charge in [0, 0.05) is 26.2 Å². The van der Waals surface area contributed by atoms with Crippen LogP contribution >= 0.6 is 0 Å². The highest BCUT2D eigenvalue weighted by atomic mass is 16.5. The molecule has 0 heterocycles. The number of rotatable bonds is 7. The second-order valence-electron chi connectivity index (χ2n) is 4.39. The van der Waals surface area contributed by atoms with E-state index in [1.807, 2.05) is 25.2 Å². The van der Waals surface area contributed by atoms with Crippen molar-refractivity contribution < 1.29 is 14.3 Å². The summed E-state index contributed by atoms with van der Waals surface area (Å²) in [6.45, 7) is 1.06. The first kappa shape index (κ1) is 15.3. The van der Waals surface area contributed by atoms with Crippen LogP contribution in [0.15, 0.2) is 18.2 Å². The topological polar surface area (TPSA) is 50.8 Å². The summed E-state index contributed by atoms with van der Waals surface area (Å²) < 4.78 is 10.9. The fourth-order valence-electron chi connectivity index (χ4n) is 1.62. The second-order valence-corrected chi connectivity index (χ2v) is 4.39. The molecule has 1 aromatic rings. The highest BCUT2D eigenvalue weighted by molar-refractivity contribution is 5.75. The van der Waals surface area contributed by atoms with E-state index in [4.69, 9.17) is 9.47 Å². The molecule has 5 heteroatoms. The van der Waals surface area contributed by atoms with Crippen LogP contribution in [0.25, 0.3) is 0 Å². The average Bonchev–Trinajstić information content (AvgIpc) is 2.40. The van der Waals surface area contributed by atoms with Gasteiger partial charge in [0.1, 0.15) is 11.5 Å². The van der Waals surface area contributed by atoms with Crippen molar-refractivity contribution in [2.45, 2.75) is 13.0 Å². The van der Waals surface area contributed by atoms with E-state index in [9.17, 15) is 4.79 Å². The van der Waals surface area contributed by atoms with Crippen molar-refractivity contribution >= 4 is 5.91 Å². The number of benzene rings is 1. The summed E-state index contributed by atoms with van der Waals surface area (Å²) in [7, 11) is 6.98. The van der Waals surface area contributed by atoms with Crippen molar-refractivity contribution in [3.63, 3.8) is 0 Å². The summed E-state index contributed by atoms with van der Waals surface area (Å²) in [5, 5.41) is 3.08. The molecule has 1 rings (SSSR count). The lowest BCUT2D eigenvalue weighted by Gasteiger charge is -2.14. The summed E-state index contributed by atoms with van der Waals surface area (Å²) in [4.78, 5) is 13.0. The Morgan fingerprint density at radius 2 is 2.11 bits per heavy atom. The van der Waals surface area contributed by atoms with Gasteiger partial charge >= 0.3 is 0 Å². The SMILES string of the molecule is CNCc1cc(OC)ccc1OCCC(=O)N(C)C. The zero-order chi connectivity index (χ0) is 14.3. The molecule has 0 radical (unpaired) electrons. The lowest BCUT2D eigenvalue weighted by atomic mass is 10.2. The van der Waals surface area contributed by atoms with Gasteiger partial charge in [0.2, 0.25) is 5.91 Å². The summed E-state index contributed by atoms with van der Waals surface area (Å²) in [5.41, 5.74) is 1.01. The second kappa shape index (κ2) is 7.63. The van der Waals surface area contributed by atoms with Crippen LogP contribution in [0.4, 0.5) is 0 Å². The molecule has 0 fully saturated rings. The minimum atomic E-state index is 0.0590. The van der Waals surface area contributed by atoms with Crippen LogP contribution in [0.1, 0.15) is 12.0 Å². The van der Waals surface area contributed by atoms with Crippen LogP contribution in [0, 0.1) is 0 Å². The van der Waals surface area contributed by atoms with Gasteiger partial charge in [-0.25, -0.2) is 0 Å². The molecule has 0 aliphatic rings. The lowest BCUT2D eigenvalue weighted by Crippen LogP contribution is -2.23. The number of ether oxygens (including phenoxy) is 2. The number of nitrogens with zero attached hydrogens (tertiary/aromatic N) is 1. The molecule has 0 unspecified atom stereocenters. The van der Waals surface area contributed by atoms with Gasteiger partial charge in [-0.05, 0) is 25.2 Å². The molecule has 0 atom stereocenters. The molecule has 1 N–H and O–H groups in total. The molecule has 19 heavy (non-hydrogen) atoms. The number of hydrogen-bond donors (Lipinski definition) is 1. The van der Waals surface area contributed by atoms with Crippen molar-refractivity contribution in [1.82, 2.24) is 10.2 Å². The van der Waals surface area contributed by atoms with Gasteiger partial charge in [-0.3, -0.25) is 4.79 Å². The van der Waals surface area contributed by atoms with E-state index in [1.165, 1.54) is 0 Å². The summed E-state index contributed by atoms with van der Waals surface area (Å²) in [5.74, 6) is 1.63. The van der Waals surface area contributed by atoms with Crippen molar-refractivity contribution in [3.8, 4) is 11.5 Å². The van der Waals surface area contributed by atoms with Gasteiger partial charge in [-0.2, -0.15) is 0 Å². The van der Waals surface area contributed by atoms with Crippen LogP contribution in [0.2, 0.25) is 0 Å². The molecule has 0 aliphatic carbocycles. The number of amides is 1. The fourth-order valence-corrected chi connectivity index (χ4v) is 1.62.